The zero-order valence-electron chi connectivity index (χ0n) is 17.7. The van der Waals surface area contributed by atoms with Gasteiger partial charge in [-0.2, -0.15) is 0 Å². The van der Waals surface area contributed by atoms with Gasteiger partial charge in [-0.3, -0.25) is 9.59 Å². The number of carbonyl (C=O) groups is 1. The third-order valence-electron chi connectivity index (χ3n) is 5.18. The first kappa shape index (κ1) is 20.9. The van der Waals surface area contributed by atoms with E-state index in [0.717, 1.165) is 38.3 Å². The van der Waals surface area contributed by atoms with Gasteiger partial charge in [-0.25, -0.2) is 4.98 Å². The Kier molecular flexibility index (Phi) is 5.91. The van der Waals surface area contributed by atoms with Crippen molar-refractivity contribution in [3.8, 4) is 0 Å². The van der Waals surface area contributed by atoms with Crippen LogP contribution in [-0.4, -0.2) is 15.9 Å². The van der Waals surface area contributed by atoms with Gasteiger partial charge in [0.2, 0.25) is 0 Å². The molecule has 0 aliphatic rings. The minimum Gasteiger partial charge on any atom is -0.322 e. The standard InChI is InChI=1S/C25H23N3O2S/c1-15-4-6-18(7-5-15)24(29)26-19-8-10-20(11-9-19)31-14-23-25(30)28-22-13-17(3)16(2)12-21(22)27-23/h4-13H,14H2,1-3H3,(H,26,29)(H,28,30). The molecule has 0 aliphatic carbocycles. The second-order valence-electron chi connectivity index (χ2n) is 7.60. The number of amides is 1. The van der Waals surface area contributed by atoms with Crippen molar-refractivity contribution in [2.75, 3.05) is 5.32 Å². The average molecular weight is 430 g/mol. The van der Waals surface area contributed by atoms with Crippen LogP contribution in [0.3, 0.4) is 0 Å². The SMILES string of the molecule is Cc1ccc(C(=O)Nc2ccc(SCc3nc4cc(C)c(C)cc4[nH]c3=O)cc2)cc1. The number of aromatic nitrogens is 2. The number of hydrogen-bond acceptors (Lipinski definition) is 4. The predicted octanol–water partition coefficient (Wildman–Crippen LogP) is 5.39. The first-order valence-corrected chi connectivity index (χ1v) is 11.0. The number of thioether (sulfide) groups is 1. The Hall–Kier alpha value is -3.38. The van der Waals surface area contributed by atoms with E-state index in [4.69, 9.17) is 0 Å². The molecular formula is C25H23N3O2S. The van der Waals surface area contributed by atoms with Crippen molar-refractivity contribution in [3.05, 3.63) is 99.0 Å². The maximum absolute atomic E-state index is 12.4. The number of anilines is 1. The summed E-state index contributed by atoms with van der Waals surface area (Å²) in [5.74, 6) is 0.325. The largest absolute Gasteiger partial charge is 0.322 e. The summed E-state index contributed by atoms with van der Waals surface area (Å²) in [4.78, 5) is 33.2. The zero-order valence-corrected chi connectivity index (χ0v) is 18.5. The molecule has 1 heterocycles. The quantitative estimate of drug-likeness (QED) is 0.417. The highest BCUT2D eigenvalue weighted by Crippen LogP contribution is 2.24. The highest BCUT2D eigenvalue weighted by Gasteiger charge is 2.09. The zero-order chi connectivity index (χ0) is 22.0. The lowest BCUT2D eigenvalue weighted by molar-refractivity contribution is 0.102. The molecule has 5 nitrogen and oxygen atoms in total. The number of carbonyl (C=O) groups excluding carboxylic acids is 1. The lowest BCUT2D eigenvalue weighted by atomic mass is 10.1. The van der Waals surface area contributed by atoms with Crippen LogP contribution >= 0.6 is 11.8 Å². The fourth-order valence-corrected chi connectivity index (χ4v) is 4.00. The molecule has 0 fully saturated rings. The van der Waals surface area contributed by atoms with Crippen molar-refractivity contribution in [2.24, 2.45) is 0 Å². The molecule has 2 N–H and O–H groups in total. The van der Waals surface area contributed by atoms with Gasteiger partial charge < -0.3 is 10.3 Å². The lowest BCUT2D eigenvalue weighted by Gasteiger charge is -2.08. The molecule has 0 aliphatic heterocycles. The molecule has 0 unspecified atom stereocenters. The van der Waals surface area contributed by atoms with Gasteiger partial charge in [0.15, 0.2) is 0 Å². The number of aryl methyl sites for hydroxylation is 3. The number of nitrogens with zero attached hydrogens (tertiary/aromatic N) is 1. The van der Waals surface area contributed by atoms with Crippen LogP contribution in [-0.2, 0) is 5.75 Å². The summed E-state index contributed by atoms with van der Waals surface area (Å²) < 4.78 is 0. The van der Waals surface area contributed by atoms with Gasteiger partial charge in [0.25, 0.3) is 11.5 Å². The molecule has 0 spiro atoms. The Morgan fingerprint density at radius 1 is 0.968 bits per heavy atom. The van der Waals surface area contributed by atoms with Crippen molar-refractivity contribution in [1.82, 2.24) is 9.97 Å². The molecule has 1 amide bonds. The molecule has 3 aromatic carbocycles. The van der Waals surface area contributed by atoms with Gasteiger partial charge in [-0.1, -0.05) is 17.7 Å². The fraction of sp³-hybridized carbons (Fsp3) is 0.160. The number of rotatable bonds is 5. The van der Waals surface area contributed by atoms with Gasteiger partial charge in [0.1, 0.15) is 5.69 Å². The monoisotopic (exact) mass is 429 g/mol. The third kappa shape index (κ3) is 4.86. The number of aromatic amines is 1. The summed E-state index contributed by atoms with van der Waals surface area (Å²) in [6, 6.07) is 19.0. The minimum absolute atomic E-state index is 0.141. The first-order chi connectivity index (χ1) is 14.9. The highest BCUT2D eigenvalue weighted by atomic mass is 32.2. The molecule has 4 aromatic rings. The average Bonchev–Trinajstić information content (AvgIpc) is 2.75. The van der Waals surface area contributed by atoms with Crippen molar-refractivity contribution >= 4 is 34.4 Å². The maximum Gasteiger partial charge on any atom is 0.271 e. The van der Waals surface area contributed by atoms with Crippen molar-refractivity contribution in [2.45, 2.75) is 31.4 Å². The Morgan fingerprint density at radius 3 is 2.35 bits per heavy atom. The Labute approximate surface area is 184 Å². The fourth-order valence-electron chi connectivity index (χ4n) is 3.18. The first-order valence-electron chi connectivity index (χ1n) is 10.00. The van der Waals surface area contributed by atoms with Crippen molar-refractivity contribution < 1.29 is 4.79 Å². The highest BCUT2D eigenvalue weighted by molar-refractivity contribution is 7.98. The van der Waals surface area contributed by atoms with E-state index in [0.29, 0.717) is 17.0 Å². The molecular weight excluding hydrogens is 406 g/mol. The third-order valence-corrected chi connectivity index (χ3v) is 6.20. The Morgan fingerprint density at radius 2 is 1.65 bits per heavy atom. The maximum atomic E-state index is 12.4. The van der Waals surface area contributed by atoms with Gasteiger partial charge in [-0.05, 0) is 80.4 Å². The van der Waals surface area contributed by atoms with E-state index < -0.39 is 0 Å². The van der Waals surface area contributed by atoms with E-state index in [1.165, 1.54) is 11.8 Å². The molecule has 31 heavy (non-hydrogen) atoms. The van der Waals surface area contributed by atoms with E-state index in [1.54, 1.807) is 0 Å². The van der Waals surface area contributed by atoms with Crippen LogP contribution in [0.25, 0.3) is 11.0 Å². The van der Waals surface area contributed by atoms with Crippen LogP contribution in [0.1, 0.15) is 32.7 Å². The summed E-state index contributed by atoms with van der Waals surface area (Å²) in [6.45, 7) is 6.04. The minimum atomic E-state index is -0.162. The number of nitrogens with one attached hydrogen (secondary N) is 2. The molecule has 0 radical (unpaired) electrons. The summed E-state index contributed by atoms with van der Waals surface area (Å²) >= 11 is 1.53. The molecule has 4 rings (SSSR count). The summed E-state index contributed by atoms with van der Waals surface area (Å²) in [6.07, 6.45) is 0. The van der Waals surface area contributed by atoms with E-state index in [2.05, 4.69) is 15.3 Å². The van der Waals surface area contributed by atoms with Gasteiger partial charge in [0, 0.05) is 21.9 Å². The molecule has 0 saturated heterocycles. The number of H-pyrrole nitrogens is 1. The Balaban J connectivity index is 1.43. The second kappa shape index (κ2) is 8.78. The second-order valence-corrected chi connectivity index (χ2v) is 8.65. The molecule has 6 heteroatoms. The molecule has 156 valence electrons. The number of hydrogen-bond donors (Lipinski definition) is 2. The van der Waals surface area contributed by atoms with Gasteiger partial charge >= 0.3 is 0 Å². The number of fused-ring (bicyclic) bond motifs is 1. The summed E-state index contributed by atoms with van der Waals surface area (Å²) in [5.41, 5.74) is 6.63. The van der Waals surface area contributed by atoms with E-state index in [1.807, 2.05) is 81.4 Å². The van der Waals surface area contributed by atoms with Crippen molar-refractivity contribution in [1.29, 1.82) is 0 Å². The Bertz CT molecular complexity index is 1310. The van der Waals surface area contributed by atoms with Gasteiger partial charge in [0.05, 0.1) is 11.0 Å². The van der Waals surface area contributed by atoms with E-state index in [9.17, 15) is 9.59 Å². The summed E-state index contributed by atoms with van der Waals surface area (Å²) in [7, 11) is 0. The van der Waals surface area contributed by atoms with Crippen LogP contribution in [0.15, 0.2) is 70.4 Å². The van der Waals surface area contributed by atoms with E-state index >= 15 is 0 Å². The molecule has 0 atom stereocenters. The molecule has 0 bridgehead atoms. The van der Waals surface area contributed by atoms with Gasteiger partial charge in [-0.15, -0.1) is 11.8 Å². The number of benzene rings is 3. The van der Waals surface area contributed by atoms with Crippen molar-refractivity contribution in [3.63, 3.8) is 0 Å². The van der Waals surface area contributed by atoms with Crippen LogP contribution < -0.4 is 10.9 Å². The normalized spacial score (nSPS) is 10.9. The summed E-state index contributed by atoms with van der Waals surface area (Å²) in [5, 5.41) is 2.90. The smallest absolute Gasteiger partial charge is 0.271 e. The molecule has 0 saturated carbocycles. The van der Waals surface area contributed by atoms with Crippen LogP contribution in [0.4, 0.5) is 5.69 Å². The van der Waals surface area contributed by atoms with E-state index in [-0.39, 0.29) is 11.5 Å². The molecule has 1 aromatic heterocycles. The predicted molar refractivity (Wildman–Crippen MR) is 127 cm³/mol. The van der Waals surface area contributed by atoms with Crippen LogP contribution in [0, 0.1) is 20.8 Å². The van der Waals surface area contributed by atoms with Crippen LogP contribution in [0.2, 0.25) is 0 Å². The topological polar surface area (TPSA) is 74.8 Å². The lowest BCUT2D eigenvalue weighted by Crippen LogP contribution is -2.14. The van der Waals surface area contributed by atoms with Crippen LogP contribution in [0.5, 0.6) is 0 Å².